The first-order chi connectivity index (χ1) is 7.19. The predicted octanol–water partition coefficient (Wildman–Crippen LogP) is 2.56. The Bertz CT molecular complexity index is 288. The predicted molar refractivity (Wildman–Crippen MR) is 69.6 cm³/mol. The molecule has 2 nitrogen and oxygen atoms in total. The lowest BCUT2D eigenvalue weighted by atomic mass is 10.2. The van der Waals surface area contributed by atoms with Crippen LogP contribution in [0.1, 0.15) is 29.0 Å². The summed E-state index contributed by atoms with van der Waals surface area (Å²) in [7, 11) is 0. The lowest BCUT2D eigenvalue weighted by molar-refractivity contribution is 0.289. The molecule has 0 aliphatic rings. The molecule has 0 saturated carbocycles. The molecule has 0 aromatic carbocycles. The van der Waals surface area contributed by atoms with Gasteiger partial charge in [0.1, 0.15) is 0 Å². The van der Waals surface area contributed by atoms with Gasteiger partial charge >= 0.3 is 0 Å². The van der Waals surface area contributed by atoms with Crippen LogP contribution in [0, 0.1) is 6.92 Å². The van der Waals surface area contributed by atoms with Crippen LogP contribution in [-0.4, -0.2) is 23.5 Å². The van der Waals surface area contributed by atoms with E-state index in [9.17, 15) is 0 Å². The molecule has 2 atom stereocenters. The average Bonchev–Trinajstić information content (AvgIpc) is 2.61. The quantitative estimate of drug-likeness (QED) is 0.809. The largest absolute Gasteiger partial charge is 0.396 e. The summed E-state index contributed by atoms with van der Waals surface area (Å²) in [6.45, 7) is 5.20. The zero-order valence-electron chi connectivity index (χ0n) is 9.27. The van der Waals surface area contributed by atoms with Crippen molar-refractivity contribution in [3.05, 3.63) is 21.9 Å². The zero-order chi connectivity index (χ0) is 11.3. The van der Waals surface area contributed by atoms with Crippen LogP contribution in [-0.2, 0) is 0 Å². The second-order valence-corrected chi connectivity index (χ2v) is 6.24. The summed E-state index contributed by atoms with van der Waals surface area (Å²) in [5, 5.41) is 11.8. The van der Waals surface area contributed by atoms with Crippen molar-refractivity contribution < 1.29 is 5.11 Å². The lowest BCUT2D eigenvalue weighted by Gasteiger charge is -2.18. The Kier molecular flexibility index (Phi) is 5.68. The van der Waals surface area contributed by atoms with Crippen molar-refractivity contribution in [3.8, 4) is 0 Å². The first-order valence-electron chi connectivity index (χ1n) is 5.19. The van der Waals surface area contributed by atoms with Gasteiger partial charge in [0.2, 0.25) is 0 Å². The monoisotopic (exact) mass is 245 g/mol. The van der Waals surface area contributed by atoms with Crippen molar-refractivity contribution in [1.82, 2.24) is 0 Å². The van der Waals surface area contributed by atoms with Crippen LogP contribution in [0.15, 0.2) is 11.4 Å². The molecule has 1 rings (SSSR count). The Balaban J connectivity index is 2.60. The van der Waals surface area contributed by atoms with Crippen molar-refractivity contribution in [2.75, 3.05) is 13.2 Å². The molecule has 0 radical (unpaired) electrons. The molecular weight excluding hydrogens is 226 g/mol. The van der Waals surface area contributed by atoms with Gasteiger partial charge < -0.3 is 10.8 Å². The fourth-order valence-electron chi connectivity index (χ4n) is 1.47. The number of rotatable bonds is 6. The number of aliphatic hydroxyl groups is 1. The van der Waals surface area contributed by atoms with Gasteiger partial charge in [-0.25, -0.2) is 0 Å². The Hall–Kier alpha value is -0.0300. The highest BCUT2D eigenvalue weighted by atomic mass is 32.2. The van der Waals surface area contributed by atoms with Gasteiger partial charge in [-0.3, -0.25) is 0 Å². The van der Waals surface area contributed by atoms with E-state index in [1.165, 1.54) is 10.4 Å². The molecule has 2 unspecified atom stereocenters. The highest BCUT2D eigenvalue weighted by Gasteiger charge is 2.17. The Morgan fingerprint density at radius 3 is 2.80 bits per heavy atom. The summed E-state index contributed by atoms with van der Waals surface area (Å²) < 4.78 is 0. The van der Waals surface area contributed by atoms with E-state index >= 15 is 0 Å². The molecule has 0 amide bonds. The highest BCUT2D eigenvalue weighted by Crippen LogP contribution is 2.36. The minimum absolute atomic E-state index is 0.259. The molecule has 0 spiro atoms. The molecule has 3 N–H and O–H groups in total. The van der Waals surface area contributed by atoms with Gasteiger partial charge in [0, 0.05) is 23.3 Å². The third-order valence-electron chi connectivity index (χ3n) is 2.34. The third kappa shape index (κ3) is 3.79. The molecule has 0 fully saturated rings. The van der Waals surface area contributed by atoms with E-state index in [2.05, 4.69) is 25.3 Å². The molecule has 1 aromatic heterocycles. The second-order valence-electron chi connectivity index (χ2n) is 3.65. The molecule has 0 bridgehead atoms. The number of thioether (sulfide) groups is 1. The maximum absolute atomic E-state index is 8.87. The van der Waals surface area contributed by atoms with Gasteiger partial charge in [0.15, 0.2) is 0 Å². The first-order valence-corrected chi connectivity index (χ1v) is 7.01. The summed E-state index contributed by atoms with van der Waals surface area (Å²) in [4.78, 5) is 1.38. The molecule has 0 saturated heterocycles. The minimum Gasteiger partial charge on any atom is -0.396 e. The minimum atomic E-state index is 0.259. The highest BCUT2D eigenvalue weighted by molar-refractivity contribution is 8.00. The molecule has 4 heteroatoms. The number of hydrogen-bond acceptors (Lipinski definition) is 4. The molecule has 1 aromatic rings. The van der Waals surface area contributed by atoms with Crippen molar-refractivity contribution >= 4 is 23.1 Å². The zero-order valence-corrected chi connectivity index (χ0v) is 10.9. The number of hydrogen-bond donors (Lipinski definition) is 2. The van der Waals surface area contributed by atoms with E-state index in [-0.39, 0.29) is 6.61 Å². The van der Waals surface area contributed by atoms with Gasteiger partial charge in [-0.2, -0.15) is 0 Å². The first kappa shape index (κ1) is 13.0. The Morgan fingerprint density at radius 2 is 2.33 bits per heavy atom. The number of aliphatic hydroxyl groups excluding tert-OH is 1. The SMILES string of the molecule is Cc1ccsc1C(CN)SC(C)CCO. The van der Waals surface area contributed by atoms with E-state index in [1.54, 1.807) is 11.3 Å². The topological polar surface area (TPSA) is 46.2 Å². The van der Waals surface area contributed by atoms with Crippen molar-refractivity contribution in [2.45, 2.75) is 30.8 Å². The van der Waals surface area contributed by atoms with Gasteiger partial charge in [0.25, 0.3) is 0 Å². The lowest BCUT2D eigenvalue weighted by Crippen LogP contribution is -2.13. The maximum atomic E-state index is 8.87. The smallest absolute Gasteiger partial charge is 0.0518 e. The van der Waals surface area contributed by atoms with Crippen molar-refractivity contribution in [1.29, 1.82) is 0 Å². The molecular formula is C11H19NOS2. The normalized spacial score (nSPS) is 15.2. The van der Waals surface area contributed by atoms with E-state index in [0.29, 0.717) is 17.0 Å². The Labute approximate surface area is 99.9 Å². The summed E-state index contributed by atoms with van der Waals surface area (Å²) in [6.07, 6.45) is 0.839. The number of aryl methyl sites for hydroxylation is 1. The van der Waals surface area contributed by atoms with Gasteiger partial charge in [0.05, 0.1) is 5.25 Å². The van der Waals surface area contributed by atoms with Gasteiger partial charge in [-0.1, -0.05) is 6.92 Å². The van der Waals surface area contributed by atoms with Crippen LogP contribution in [0.3, 0.4) is 0 Å². The summed E-state index contributed by atoms with van der Waals surface area (Å²) in [6, 6.07) is 2.14. The number of thiophene rings is 1. The van der Waals surface area contributed by atoms with E-state index in [1.807, 2.05) is 11.8 Å². The van der Waals surface area contributed by atoms with E-state index in [0.717, 1.165) is 6.42 Å². The standard InChI is InChI=1S/C11H19NOS2/c1-8-4-6-14-11(8)10(7-12)15-9(2)3-5-13/h4,6,9-10,13H,3,5,7,12H2,1-2H3. The maximum Gasteiger partial charge on any atom is 0.0518 e. The van der Waals surface area contributed by atoms with Gasteiger partial charge in [-0.15, -0.1) is 23.1 Å². The van der Waals surface area contributed by atoms with Gasteiger partial charge in [-0.05, 0) is 30.4 Å². The molecule has 86 valence electrons. The summed E-state index contributed by atoms with van der Waals surface area (Å²) in [5.41, 5.74) is 7.13. The summed E-state index contributed by atoms with van der Waals surface area (Å²) >= 11 is 3.65. The van der Waals surface area contributed by atoms with Crippen molar-refractivity contribution in [3.63, 3.8) is 0 Å². The van der Waals surface area contributed by atoms with E-state index < -0.39 is 0 Å². The van der Waals surface area contributed by atoms with E-state index in [4.69, 9.17) is 10.8 Å². The van der Waals surface area contributed by atoms with Crippen LogP contribution < -0.4 is 5.73 Å². The fraction of sp³-hybridized carbons (Fsp3) is 0.636. The third-order valence-corrected chi connectivity index (χ3v) is 5.08. The van der Waals surface area contributed by atoms with Crippen LogP contribution >= 0.6 is 23.1 Å². The van der Waals surface area contributed by atoms with Crippen LogP contribution in [0.2, 0.25) is 0 Å². The molecule has 0 aliphatic carbocycles. The molecule has 15 heavy (non-hydrogen) atoms. The number of nitrogens with two attached hydrogens (primary N) is 1. The van der Waals surface area contributed by atoms with Crippen LogP contribution in [0.5, 0.6) is 0 Å². The fourth-order valence-corrected chi connectivity index (χ4v) is 3.95. The second kappa shape index (κ2) is 6.53. The summed E-state index contributed by atoms with van der Waals surface area (Å²) in [5.74, 6) is 0. The molecule has 1 heterocycles. The average molecular weight is 245 g/mol. The van der Waals surface area contributed by atoms with Crippen LogP contribution in [0.4, 0.5) is 0 Å². The van der Waals surface area contributed by atoms with Crippen molar-refractivity contribution in [2.24, 2.45) is 5.73 Å². The molecule has 0 aliphatic heterocycles. The Morgan fingerprint density at radius 1 is 1.60 bits per heavy atom. The van der Waals surface area contributed by atoms with Crippen LogP contribution in [0.25, 0.3) is 0 Å².